The molecular weight excluding hydrogens is 324 g/mol. The highest BCUT2D eigenvalue weighted by Gasteiger charge is 2.13. The fourth-order valence-electron chi connectivity index (χ4n) is 1.73. The minimum Gasteiger partial charge on any atom is -0.486 e. The molecule has 1 amide bonds. The van der Waals surface area contributed by atoms with Crippen LogP contribution in [0.25, 0.3) is 0 Å². The second-order valence-corrected chi connectivity index (χ2v) is 5.73. The van der Waals surface area contributed by atoms with Crippen molar-refractivity contribution in [2.24, 2.45) is 0 Å². The Kier molecular flexibility index (Phi) is 6.09. The van der Waals surface area contributed by atoms with Crippen LogP contribution in [0.5, 0.6) is 5.75 Å². The maximum atomic E-state index is 11.3. The molecule has 2 rings (SSSR count). The van der Waals surface area contributed by atoms with Crippen molar-refractivity contribution in [3.63, 3.8) is 0 Å². The molecule has 0 spiro atoms. The molecule has 1 heterocycles. The molecule has 0 unspecified atom stereocenters. The van der Waals surface area contributed by atoms with Gasteiger partial charge >= 0.3 is 0 Å². The van der Waals surface area contributed by atoms with Crippen LogP contribution >= 0.6 is 23.4 Å². The summed E-state index contributed by atoms with van der Waals surface area (Å²) in [5.74, 6) is 1.70. The van der Waals surface area contributed by atoms with Crippen LogP contribution in [0.4, 0.5) is 0 Å². The Hall–Kier alpha value is -1.73. The van der Waals surface area contributed by atoms with E-state index in [1.807, 2.05) is 11.5 Å². The molecule has 0 radical (unpaired) electrons. The van der Waals surface area contributed by atoms with Gasteiger partial charge in [-0.2, -0.15) is 0 Å². The Labute approximate surface area is 138 Å². The number of amides is 1. The lowest BCUT2D eigenvalue weighted by Crippen LogP contribution is -2.20. The van der Waals surface area contributed by atoms with Crippen molar-refractivity contribution in [1.82, 2.24) is 20.1 Å². The van der Waals surface area contributed by atoms with Gasteiger partial charge in [-0.1, -0.05) is 23.4 Å². The molecule has 0 aliphatic heterocycles. The molecule has 8 heteroatoms. The van der Waals surface area contributed by atoms with Crippen LogP contribution in [0.3, 0.4) is 0 Å². The number of hydrogen-bond acceptors (Lipinski definition) is 5. The van der Waals surface area contributed by atoms with Crippen LogP contribution < -0.4 is 10.1 Å². The predicted octanol–water partition coefficient (Wildman–Crippen LogP) is 2.37. The van der Waals surface area contributed by atoms with Crippen molar-refractivity contribution in [2.75, 3.05) is 12.8 Å². The van der Waals surface area contributed by atoms with Crippen molar-refractivity contribution < 1.29 is 9.53 Å². The lowest BCUT2D eigenvalue weighted by molar-refractivity contribution is -0.118. The maximum absolute atomic E-state index is 11.3. The molecular formula is C14H17ClN4O2S. The maximum Gasteiger partial charge on any atom is 0.230 e. The van der Waals surface area contributed by atoms with Crippen LogP contribution in [0.1, 0.15) is 12.7 Å². The lowest BCUT2D eigenvalue weighted by Gasteiger charge is -2.08. The van der Waals surface area contributed by atoms with Crippen molar-refractivity contribution in [3.05, 3.63) is 35.1 Å². The highest BCUT2D eigenvalue weighted by molar-refractivity contribution is 7.99. The van der Waals surface area contributed by atoms with Gasteiger partial charge in [0.1, 0.15) is 12.4 Å². The number of ether oxygens (including phenoxy) is 1. The predicted molar refractivity (Wildman–Crippen MR) is 86.3 cm³/mol. The smallest absolute Gasteiger partial charge is 0.230 e. The summed E-state index contributed by atoms with van der Waals surface area (Å²) >= 11 is 7.19. The highest BCUT2D eigenvalue weighted by Crippen LogP contribution is 2.19. The third-order valence-corrected chi connectivity index (χ3v) is 4.12. The number of carbonyl (C=O) groups excluding carboxylic acids is 1. The first-order valence-electron chi connectivity index (χ1n) is 6.77. The molecule has 118 valence electrons. The van der Waals surface area contributed by atoms with E-state index in [1.165, 1.54) is 11.8 Å². The first-order chi connectivity index (χ1) is 10.6. The van der Waals surface area contributed by atoms with E-state index in [9.17, 15) is 4.79 Å². The molecule has 1 aromatic carbocycles. The molecule has 1 aromatic heterocycles. The van der Waals surface area contributed by atoms with Gasteiger partial charge in [0.15, 0.2) is 11.0 Å². The fraction of sp³-hybridized carbons (Fsp3) is 0.357. The molecule has 0 aliphatic carbocycles. The normalized spacial score (nSPS) is 10.5. The summed E-state index contributed by atoms with van der Waals surface area (Å²) in [6, 6.07) is 7.14. The lowest BCUT2D eigenvalue weighted by atomic mass is 10.3. The van der Waals surface area contributed by atoms with E-state index in [1.54, 1.807) is 31.3 Å². The van der Waals surface area contributed by atoms with Crippen LogP contribution in [-0.4, -0.2) is 33.5 Å². The van der Waals surface area contributed by atoms with E-state index < -0.39 is 0 Å². The Bertz CT molecular complexity index is 630. The number of rotatable bonds is 7. The minimum atomic E-state index is -0.0467. The average molecular weight is 341 g/mol. The highest BCUT2D eigenvalue weighted by atomic mass is 35.5. The molecule has 0 atom stereocenters. The quantitative estimate of drug-likeness (QED) is 0.784. The number of aromatic nitrogens is 3. The van der Waals surface area contributed by atoms with Gasteiger partial charge in [0.2, 0.25) is 5.91 Å². The minimum absolute atomic E-state index is 0.0467. The number of hydrogen-bond donors (Lipinski definition) is 1. The topological polar surface area (TPSA) is 69.0 Å². The van der Waals surface area contributed by atoms with Gasteiger partial charge in [-0.25, -0.2) is 0 Å². The van der Waals surface area contributed by atoms with Gasteiger partial charge in [-0.15, -0.1) is 10.2 Å². The third-order valence-electron chi connectivity index (χ3n) is 2.90. The molecule has 1 N–H and O–H groups in total. The summed E-state index contributed by atoms with van der Waals surface area (Å²) in [6.45, 7) is 3.02. The fourth-order valence-corrected chi connectivity index (χ4v) is 2.75. The largest absolute Gasteiger partial charge is 0.486 e. The molecule has 2 aromatic rings. The number of carbonyl (C=O) groups is 1. The number of nitrogens with one attached hydrogen (secondary N) is 1. The number of benzene rings is 1. The summed E-state index contributed by atoms with van der Waals surface area (Å²) in [5.41, 5.74) is 0. The zero-order chi connectivity index (χ0) is 15.9. The second kappa shape index (κ2) is 8.05. The summed E-state index contributed by atoms with van der Waals surface area (Å²) in [4.78, 5) is 11.3. The summed E-state index contributed by atoms with van der Waals surface area (Å²) in [7, 11) is 1.61. The van der Waals surface area contributed by atoms with Crippen molar-refractivity contribution >= 4 is 29.3 Å². The van der Waals surface area contributed by atoms with Gasteiger partial charge < -0.3 is 14.6 Å². The average Bonchev–Trinajstić information content (AvgIpc) is 2.94. The van der Waals surface area contributed by atoms with Gasteiger partial charge in [-0.05, 0) is 31.2 Å². The van der Waals surface area contributed by atoms with E-state index in [4.69, 9.17) is 16.3 Å². The van der Waals surface area contributed by atoms with E-state index in [0.717, 1.165) is 11.6 Å². The van der Waals surface area contributed by atoms with Crippen LogP contribution in [0.15, 0.2) is 29.4 Å². The SMILES string of the molecule is CCn1c(COc2ccc(Cl)cc2)nnc1SCC(=O)NC. The Morgan fingerprint density at radius 3 is 2.73 bits per heavy atom. The van der Waals surface area contributed by atoms with E-state index in [-0.39, 0.29) is 5.91 Å². The number of nitrogens with zero attached hydrogens (tertiary/aromatic N) is 3. The standard InChI is InChI=1S/C14H17ClN4O2S/c1-3-19-12(8-21-11-6-4-10(15)5-7-11)17-18-14(19)22-9-13(20)16-2/h4-7H,3,8-9H2,1-2H3,(H,16,20). The molecule has 0 fully saturated rings. The first kappa shape index (κ1) is 16.6. The summed E-state index contributed by atoms with van der Waals surface area (Å²) < 4.78 is 7.61. The molecule has 0 saturated carbocycles. The van der Waals surface area contributed by atoms with Gasteiger partial charge in [0, 0.05) is 18.6 Å². The summed E-state index contributed by atoms with van der Waals surface area (Å²) in [5, 5.41) is 12.2. The van der Waals surface area contributed by atoms with Crippen LogP contribution in [-0.2, 0) is 17.9 Å². The number of thioether (sulfide) groups is 1. The zero-order valence-corrected chi connectivity index (χ0v) is 13.9. The zero-order valence-electron chi connectivity index (χ0n) is 12.4. The van der Waals surface area contributed by atoms with Gasteiger partial charge in [0.25, 0.3) is 0 Å². The van der Waals surface area contributed by atoms with E-state index in [0.29, 0.717) is 29.1 Å². The molecule has 0 saturated heterocycles. The summed E-state index contributed by atoms with van der Waals surface area (Å²) in [6.07, 6.45) is 0. The van der Waals surface area contributed by atoms with Crippen molar-refractivity contribution in [2.45, 2.75) is 25.2 Å². The van der Waals surface area contributed by atoms with Crippen LogP contribution in [0.2, 0.25) is 5.02 Å². The van der Waals surface area contributed by atoms with Gasteiger partial charge in [0.05, 0.1) is 5.75 Å². The first-order valence-corrected chi connectivity index (χ1v) is 8.14. The third kappa shape index (κ3) is 4.38. The Morgan fingerprint density at radius 2 is 2.09 bits per heavy atom. The van der Waals surface area contributed by atoms with Gasteiger partial charge in [-0.3, -0.25) is 4.79 Å². The Morgan fingerprint density at radius 1 is 1.36 bits per heavy atom. The van der Waals surface area contributed by atoms with E-state index >= 15 is 0 Å². The molecule has 0 bridgehead atoms. The second-order valence-electron chi connectivity index (χ2n) is 4.35. The number of halogens is 1. The molecule has 22 heavy (non-hydrogen) atoms. The van der Waals surface area contributed by atoms with E-state index in [2.05, 4.69) is 15.5 Å². The molecule has 6 nitrogen and oxygen atoms in total. The monoisotopic (exact) mass is 340 g/mol. The van der Waals surface area contributed by atoms with Crippen LogP contribution in [0, 0.1) is 0 Å². The molecule has 0 aliphatic rings. The van der Waals surface area contributed by atoms with Crippen molar-refractivity contribution in [1.29, 1.82) is 0 Å². The van der Waals surface area contributed by atoms with Crippen molar-refractivity contribution in [3.8, 4) is 5.75 Å². The Balaban J connectivity index is 2.00.